The van der Waals surface area contributed by atoms with Crippen molar-refractivity contribution in [3.05, 3.63) is 83.9 Å². The van der Waals surface area contributed by atoms with E-state index in [0.717, 1.165) is 47.0 Å². The second kappa shape index (κ2) is 8.78. The molecule has 5 rings (SSSR count). The molecule has 0 radical (unpaired) electrons. The first-order chi connectivity index (χ1) is 14.7. The minimum atomic E-state index is 0. The monoisotopic (exact) mass is 433 g/mol. The Balaban J connectivity index is 0.00000231. The Morgan fingerprint density at radius 2 is 1.77 bits per heavy atom. The van der Waals surface area contributed by atoms with Gasteiger partial charge in [-0.2, -0.15) is 0 Å². The molecule has 4 aromatic rings. The van der Waals surface area contributed by atoms with Gasteiger partial charge in [-0.1, -0.05) is 30.3 Å². The molecule has 7 heteroatoms. The van der Waals surface area contributed by atoms with Gasteiger partial charge >= 0.3 is 0 Å². The average molecular weight is 434 g/mol. The zero-order chi connectivity index (χ0) is 20.5. The lowest BCUT2D eigenvalue weighted by atomic mass is 10.1. The molecule has 6 nitrogen and oxygen atoms in total. The number of fused-ring (bicyclic) bond motifs is 1. The van der Waals surface area contributed by atoms with Gasteiger partial charge in [-0.3, -0.25) is 0 Å². The van der Waals surface area contributed by atoms with E-state index in [1.54, 1.807) is 13.4 Å². The number of ether oxygens (including phenoxy) is 1. The summed E-state index contributed by atoms with van der Waals surface area (Å²) >= 11 is 0. The van der Waals surface area contributed by atoms with Crippen molar-refractivity contribution in [1.29, 1.82) is 0 Å². The molecule has 0 unspecified atom stereocenters. The fraction of sp³-hybridized carbons (Fsp3) is 0.208. The lowest BCUT2D eigenvalue weighted by Gasteiger charge is -2.13. The van der Waals surface area contributed by atoms with Crippen molar-refractivity contribution in [3.63, 3.8) is 0 Å². The van der Waals surface area contributed by atoms with Crippen LogP contribution in [0.2, 0.25) is 0 Å². The fourth-order valence-corrected chi connectivity index (χ4v) is 4.04. The fourth-order valence-electron chi connectivity index (χ4n) is 4.04. The van der Waals surface area contributed by atoms with Crippen LogP contribution < -0.4 is 10.1 Å². The number of hydrogen-bond donors (Lipinski definition) is 1. The van der Waals surface area contributed by atoms with Crippen LogP contribution in [0.4, 0.5) is 5.82 Å². The molecule has 0 bridgehead atoms. The number of rotatable bonds is 5. The van der Waals surface area contributed by atoms with Crippen LogP contribution in [-0.4, -0.2) is 32.9 Å². The number of benzene rings is 2. The highest BCUT2D eigenvalue weighted by Crippen LogP contribution is 2.29. The Morgan fingerprint density at radius 3 is 2.39 bits per heavy atom. The number of aryl methyl sites for hydroxylation is 1. The van der Waals surface area contributed by atoms with Crippen LogP contribution in [0, 0.1) is 6.92 Å². The van der Waals surface area contributed by atoms with E-state index in [9.17, 15) is 0 Å². The number of nitrogens with zero attached hydrogens (tertiary/aromatic N) is 4. The lowest BCUT2D eigenvalue weighted by Crippen LogP contribution is -2.20. The van der Waals surface area contributed by atoms with Crippen molar-refractivity contribution in [2.24, 2.45) is 0 Å². The van der Waals surface area contributed by atoms with Crippen molar-refractivity contribution < 1.29 is 4.74 Å². The highest BCUT2D eigenvalue weighted by Gasteiger charge is 2.21. The second-order valence-corrected chi connectivity index (χ2v) is 7.63. The predicted octanol–water partition coefficient (Wildman–Crippen LogP) is 4.65. The summed E-state index contributed by atoms with van der Waals surface area (Å²) in [4.78, 5) is 4.29. The molecule has 1 aliphatic rings. The molecule has 2 aromatic carbocycles. The van der Waals surface area contributed by atoms with Crippen molar-refractivity contribution in [1.82, 2.24) is 19.7 Å². The third-order valence-electron chi connectivity index (χ3n) is 5.53. The van der Waals surface area contributed by atoms with Gasteiger partial charge in [-0.25, -0.2) is 4.98 Å². The van der Waals surface area contributed by atoms with Crippen LogP contribution in [0.1, 0.15) is 16.8 Å². The molecule has 1 N–H and O–H groups in total. The van der Waals surface area contributed by atoms with Crippen LogP contribution in [0.5, 0.6) is 5.75 Å². The summed E-state index contributed by atoms with van der Waals surface area (Å²) in [5.41, 5.74) is 6.50. The molecule has 0 atom stereocenters. The summed E-state index contributed by atoms with van der Waals surface area (Å²) in [5.74, 6) is 1.56. The molecule has 0 fully saturated rings. The van der Waals surface area contributed by atoms with E-state index in [-0.39, 0.29) is 12.4 Å². The first-order valence-electron chi connectivity index (χ1n) is 10.1. The van der Waals surface area contributed by atoms with Crippen LogP contribution in [-0.2, 0) is 12.8 Å². The van der Waals surface area contributed by atoms with E-state index in [1.165, 1.54) is 11.1 Å². The topological polar surface area (TPSA) is 64.9 Å². The number of anilines is 1. The standard InChI is InChI=1S/C24H23N5O.ClH/c1-16-14-29(15-25-16)22-9-7-19(13-23(22)30-2)21-8-10-24(28-27-21)26-20-11-17-5-3-4-6-18(17)12-20;/h3-10,13-15,20H,11-12H2,1-2H3,(H,26,28);1H. The van der Waals surface area contributed by atoms with Crippen molar-refractivity contribution in [2.75, 3.05) is 12.4 Å². The molecule has 0 saturated heterocycles. The molecule has 0 aliphatic heterocycles. The van der Waals surface area contributed by atoms with E-state index < -0.39 is 0 Å². The maximum atomic E-state index is 5.61. The molecule has 2 heterocycles. The normalized spacial score (nSPS) is 12.8. The summed E-state index contributed by atoms with van der Waals surface area (Å²) in [6.45, 7) is 1.97. The SMILES string of the molecule is COc1cc(-c2ccc(NC3Cc4ccccc4C3)nn2)ccc1-n1cnc(C)c1.Cl. The highest BCUT2D eigenvalue weighted by atomic mass is 35.5. The number of halogens is 1. The Kier molecular flexibility index (Phi) is 5.91. The van der Waals surface area contributed by atoms with Crippen molar-refractivity contribution in [3.8, 4) is 22.7 Å². The van der Waals surface area contributed by atoms with E-state index in [0.29, 0.717) is 6.04 Å². The van der Waals surface area contributed by atoms with Gasteiger partial charge in [-0.15, -0.1) is 22.6 Å². The maximum absolute atomic E-state index is 5.61. The molecule has 0 amide bonds. The van der Waals surface area contributed by atoms with Gasteiger partial charge in [0.15, 0.2) is 0 Å². The number of nitrogens with one attached hydrogen (secondary N) is 1. The summed E-state index contributed by atoms with van der Waals surface area (Å²) in [5, 5.41) is 12.4. The van der Waals surface area contributed by atoms with Crippen LogP contribution in [0.3, 0.4) is 0 Å². The quantitative estimate of drug-likeness (QED) is 0.496. The summed E-state index contributed by atoms with van der Waals surface area (Å²) < 4.78 is 7.56. The Bertz CT molecular complexity index is 1160. The van der Waals surface area contributed by atoms with E-state index in [2.05, 4.69) is 44.8 Å². The van der Waals surface area contributed by atoms with E-state index in [4.69, 9.17) is 4.74 Å². The van der Waals surface area contributed by atoms with Crippen molar-refractivity contribution in [2.45, 2.75) is 25.8 Å². The number of aromatic nitrogens is 4. The van der Waals surface area contributed by atoms with Gasteiger partial charge in [0.25, 0.3) is 0 Å². The lowest BCUT2D eigenvalue weighted by molar-refractivity contribution is 0.413. The zero-order valence-corrected chi connectivity index (χ0v) is 18.3. The van der Waals surface area contributed by atoms with E-state index in [1.807, 2.05) is 48.0 Å². The van der Waals surface area contributed by atoms with Crippen LogP contribution in [0.25, 0.3) is 16.9 Å². The zero-order valence-electron chi connectivity index (χ0n) is 17.4. The first kappa shape index (κ1) is 20.9. The van der Waals surface area contributed by atoms with Crippen molar-refractivity contribution >= 4 is 18.2 Å². The maximum Gasteiger partial charge on any atom is 0.148 e. The first-order valence-corrected chi connectivity index (χ1v) is 10.1. The molecule has 158 valence electrons. The number of hydrogen-bond acceptors (Lipinski definition) is 5. The third-order valence-corrected chi connectivity index (χ3v) is 5.53. The third kappa shape index (κ3) is 4.25. The van der Waals surface area contributed by atoms with E-state index >= 15 is 0 Å². The van der Waals surface area contributed by atoms with Gasteiger partial charge in [0.1, 0.15) is 11.6 Å². The van der Waals surface area contributed by atoms with Gasteiger partial charge in [0, 0.05) is 17.8 Å². The molecule has 0 saturated carbocycles. The van der Waals surface area contributed by atoms with Gasteiger partial charge in [-0.05, 0) is 55.2 Å². The number of imidazole rings is 1. The van der Waals surface area contributed by atoms with Gasteiger partial charge in [0.05, 0.1) is 30.5 Å². The summed E-state index contributed by atoms with van der Waals surface area (Å²) in [6, 6.07) is 19.0. The van der Waals surface area contributed by atoms with Gasteiger partial charge in [0.2, 0.25) is 0 Å². The molecular weight excluding hydrogens is 410 g/mol. The Morgan fingerprint density at radius 1 is 1.00 bits per heavy atom. The summed E-state index contributed by atoms with van der Waals surface area (Å²) in [7, 11) is 1.67. The smallest absolute Gasteiger partial charge is 0.148 e. The molecule has 1 aliphatic carbocycles. The number of methoxy groups -OCH3 is 1. The second-order valence-electron chi connectivity index (χ2n) is 7.63. The molecular formula is C24H24ClN5O. The molecule has 0 spiro atoms. The minimum absolute atomic E-state index is 0. The minimum Gasteiger partial charge on any atom is -0.495 e. The van der Waals surface area contributed by atoms with Crippen LogP contribution >= 0.6 is 12.4 Å². The largest absolute Gasteiger partial charge is 0.495 e. The highest BCUT2D eigenvalue weighted by molar-refractivity contribution is 5.85. The summed E-state index contributed by atoms with van der Waals surface area (Å²) in [6.07, 6.45) is 5.80. The molecule has 2 aromatic heterocycles. The average Bonchev–Trinajstić information content (AvgIpc) is 3.39. The molecule has 31 heavy (non-hydrogen) atoms. The van der Waals surface area contributed by atoms with Gasteiger partial charge < -0.3 is 14.6 Å². The Labute approximate surface area is 187 Å². The predicted molar refractivity (Wildman–Crippen MR) is 124 cm³/mol. The Hall–Kier alpha value is -3.38. The van der Waals surface area contributed by atoms with Crippen LogP contribution in [0.15, 0.2) is 67.1 Å².